The standard InChI is InChI=1S/C26H25ClF2N4/c1-15(31-25-21-8-6-19(29)14-24(21)32-26(27)33-25)12-16-2-4-17(5-3-16)20-10-11-30-23-9-7-18(28)13-22(20)23/h6-11,13-17H,2-5,12H2,1H3,(H,31,32,33)/t15?,16-,17+. The first-order valence-corrected chi connectivity index (χ1v) is 11.8. The second-order valence-corrected chi connectivity index (χ2v) is 9.40. The van der Waals surface area contributed by atoms with Crippen molar-refractivity contribution >= 4 is 39.2 Å². The third-order valence-electron chi connectivity index (χ3n) is 6.73. The molecule has 1 saturated carbocycles. The number of pyridine rings is 1. The van der Waals surface area contributed by atoms with Gasteiger partial charge in [-0.3, -0.25) is 4.98 Å². The van der Waals surface area contributed by atoms with E-state index in [4.69, 9.17) is 11.6 Å². The van der Waals surface area contributed by atoms with Crippen LogP contribution in [0.3, 0.4) is 0 Å². The Kier molecular flexibility index (Phi) is 6.11. The van der Waals surface area contributed by atoms with Gasteiger partial charge in [0, 0.05) is 29.1 Å². The van der Waals surface area contributed by atoms with Crippen molar-refractivity contribution in [3.8, 4) is 0 Å². The first-order valence-electron chi connectivity index (χ1n) is 11.4. The fourth-order valence-electron chi connectivity index (χ4n) is 5.18. The van der Waals surface area contributed by atoms with E-state index < -0.39 is 0 Å². The summed E-state index contributed by atoms with van der Waals surface area (Å²) < 4.78 is 27.4. The summed E-state index contributed by atoms with van der Waals surface area (Å²) in [7, 11) is 0. The van der Waals surface area contributed by atoms with E-state index in [2.05, 4.69) is 27.2 Å². The molecule has 1 fully saturated rings. The van der Waals surface area contributed by atoms with Crippen LogP contribution in [0.1, 0.15) is 50.5 Å². The molecular formula is C26H25ClF2N4. The SMILES string of the molecule is CC(C[C@H]1CC[C@@H](c2ccnc3ccc(F)cc32)CC1)Nc1nc(Cl)nc2cc(F)ccc12. The number of rotatable bonds is 5. The summed E-state index contributed by atoms with van der Waals surface area (Å²) in [5.74, 6) is 1.09. The molecule has 1 aliphatic rings. The van der Waals surface area contributed by atoms with Crippen molar-refractivity contribution < 1.29 is 8.78 Å². The minimum Gasteiger partial charge on any atom is -0.367 e. The predicted octanol–water partition coefficient (Wildman–Crippen LogP) is 7.27. The van der Waals surface area contributed by atoms with Crippen molar-refractivity contribution in [2.45, 2.75) is 51.0 Å². The Balaban J connectivity index is 1.24. The van der Waals surface area contributed by atoms with Gasteiger partial charge in [-0.1, -0.05) is 0 Å². The first-order chi connectivity index (χ1) is 16.0. The molecule has 0 spiro atoms. The molecule has 0 radical (unpaired) electrons. The third kappa shape index (κ3) is 4.76. The Morgan fingerprint density at radius 2 is 1.70 bits per heavy atom. The maximum Gasteiger partial charge on any atom is 0.224 e. The highest BCUT2D eigenvalue weighted by atomic mass is 35.5. The van der Waals surface area contributed by atoms with E-state index in [-0.39, 0.29) is 23.0 Å². The van der Waals surface area contributed by atoms with E-state index in [0.29, 0.717) is 23.2 Å². The predicted molar refractivity (Wildman–Crippen MR) is 129 cm³/mol. The zero-order valence-corrected chi connectivity index (χ0v) is 19.1. The number of hydrogen-bond donors (Lipinski definition) is 1. The molecule has 0 saturated heterocycles. The lowest BCUT2D eigenvalue weighted by molar-refractivity contribution is 0.302. The van der Waals surface area contributed by atoms with Gasteiger partial charge >= 0.3 is 0 Å². The van der Waals surface area contributed by atoms with Gasteiger partial charge in [0.25, 0.3) is 0 Å². The van der Waals surface area contributed by atoms with Gasteiger partial charge in [0.15, 0.2) is 0 Å². The molecule has 0 bridgehead atoms. The van der Waals surface area contributed by atoms with Crippen LogP contribution < -0.4 is 5.32 Å². The summed E-state index contributed by atoms with van der Waals surface area (Å²) in [6.07, 6.45) is 7.22. The average molecular weight is 467 g/mol. The van der Waals surface area contributed by atoms with Gasteiger partial charge in [0.05, 0.1) is 11.0 Å². The van der Waals surface area contributed by atoms with E-state index in [1.165, 1.54) is 23.8 Å². The van der Waals surface area contributed by atoms with Crippen LogP contribution in [0.2, 0.25) is 5.28 Å². The number of nitrogens with zero attached hydrogens (tertiary/aromatic N) is 3. The fraction of sp³-hybridized carbons (Fsp3) is 0.346. The maximum absolute atomic E-state index is 13.8. The molecule has 0 amide bonds. The van der Waals surface area contributed by atoms with Crippen molar-refractivity contribution in [3.05, 3.63) is 71.1 Å². The van der Waals surface area contributed by atoms with Crippen LogP contribution in [0.15, 0.2) is 48.7 Å². The molecule has 2 aromatic carbocycles. The first kappa shape index (κ1) is 22.0. The molecule has 5 rings (SSSR count). The third-order valence-corrected chi connectivity index (χ3v) is 6.89. The zero-order valence-electron chi connectivity index (χ0n) is 18.4. The number of hydrogen-bond acceptors (Lipinski definition) is 4. The second-order valence-electron chi connectivity index (χ2n) is 9.06. The van der Waals surface area contributed by atoms with E-state index in [9.17, 15) is 8.78 Å². The molecule has 4 nitrogen and oxygen atoms in total. The lowest BCUT2D eigenvalue weighted by Gasteiger charge is -2.31. The maximum atomic E-state index is 13.8. The van der Waals surface area contributed by atoms with E-state index >= 15 is 0 Å². The topological polar surface area (TPSA) is 50.7 Å². The number of nitrogens with one attached hydrogen (secondary N) is 1. The van der Waals surface area contributed by atoms with Crippen molar-refractivity contribution in [1.82, 2.24) is 15.0 Å². The number of benzene rings is 2. The highest BCUT2D eigenvalue weighted by Gasteiger charge is 2.25. The van der Waals surface area contributed by atoms with Crippen LogP contribution >= 0.6 is 11.6 Å². The molecule has 2 heterocycles. The second kappa shape index (κ2) is 9.18. The molecule has 2 aromatic heterocycles. The van der Waals surface area contributed by atoms with Gasteiger partial charge < -0.3 is 5.32 Å². The largest absolute Gasteiger partial charge is 0.367 e. The average Bonchev–Trinajstić information content (AvgIpc) is 2.78. The van der Waals surface area contributed by atoms with Crippen LogP contribution in [0.5, 0.6) is 0 Å². The molecule has 1 atom stereocenters. The quantitative estimate of drug-likeness (QED) is 0.314. The van der Waals surface area contributed by atoms with Gasteiger partial charge in [0.1, 0.15) is 17.5 Å². The Labute approximate surface area is 196 Å². The van der Waals surface area contributed by atoms with Gasteiger partial charge in [0.2, 0.25) is 5.28 Å². The zero-order chi connectivity index (χ0) is 22.9. The van der Waals surface area contributed by atoms with Crippen molar-refractivity contribution in [2.24, 2.45) is 5.92 Å². The van der Waals surface area contributed by atoms with E-state index in [0.717, 1.165) is 48.4 Å². The van der Waals surface area contributed by atoms with Crippen LogP contribution in [-0.2, 0) is 0 Å². The molecule has 4 aromatic rings. The molecule has 1 N–H and O–H groups in total. The normalized spacial score (nSPS) is 19.6. The van der Waals surface area contributed by atoms with E-state index in [1.54, 1.807) is 18.2 Å². The number of fused-ring (bicyclic) bond motifs is 2. The molecule has 33 heavy (non-hydrogen) atoms. The summed E-state index contributed by atoms with van der Waals surface area (Å²) in [4.78, 5) is 12.9. The minimum atomic E-state index is -0.349. The summed E-state index contributed by atoms with van der Waals surface area (Å²) in [5.41, 5.74) is 2.55. The summed E-state index contributed by atoms with van der Waals surface area (Å²) in [6, 6.07) is 11.5. The van der Waals surface area contributed by atoms with Crippen molar-refractivity contribution in [3.63, 3.8) is 0 Å². The van der Waals surface area contributed by atoms with Crippen molar-refractivity contribution in [2.75, 3.05) is 5.32 Å². The van der Waals surface area contributed by atoms with Crippen LogP contribution in [-0.4, -0.2) is 21.0 Å². The molecule has 0 aliphatic heterocycles. The monoisotopic (exact) mass is 466 g/mol. The Morgan fingerprint density at radius 1 is 0.939 bits per heavy atom. The minimum absolute atomic E-state index is 0.101. The molecule has 170 valence electrons. The highest BCUT2D eigenvalue weighted by molar-refractivity contribution is 6.28. The summed E-state index contributed by atoms with van der Waals surface area (Å²) in [5, 5.41) is 5.25. The van der Waals surface area contributed by atoms with E-state index in [1.807, 2.05) is 12.3 Å². The van der Waals surface area contributed by atoms with Gasteiger partial charge in [-0.25, -0.2) is 18.7 Å². The smallest absolute Gasteiger partial charge is 0.224 e. The summed E-state index contributed by atoms with van der Waals surface area (Å²) >= 11 is 6.06. The van der Waals surface area contributed by atoms with Gasteiger partial charge in [-0.15, -0.1) is 0 Å². The van der Waals surface area contributed by atoms with Crippen LogP contribution in [0, 0.1) is 17.6 Å². The molecule has 1 aliphatic carbocycles. The van der Waals surface area contributed by atoms with Crippen LogP contribution in [0.25, 0.3) is 21.8 Å². The Morgan fingerprint density at radius 3 is 2.52 bits per heavy atom. The number of anilines is 1. The summed E-state index contributed by atoms with van der Waals surface area (Å²) in [6.45, 7) is 2.14. The molecular weight excluding hydrogens is 442 g/mol. The van der Waals surface area contributed by atoms with Crippen LogP contribution in [0.4, 0.5) is 14.6 Å². The lowest BCUT2D eigenvalue weighted by atomic mass is 9.76. The Hall–Kier alpha value is -2.86. The lowest BCUT2D eigenvalue weighted by Crippen LogP contribution is -2.23. The highest BCUT2D eigenvalue weighted by Crippen LogP contribution is 2.40. The van der Waals surface area contributed by atoms with Gasteiger partial charge in [-0.05, 0) is 104 Å². The number of aromatic nitrogens is 3. The Bertz CT molecular complexity index is 1300. The number of halogens is 3. The van der Waals surface area contributed by atoms with Crippen molar-refractivity contribution in [1.29, 1.82) is 0 Å². The molecule has 1 unspecified atom stereocenters. The fourth-order valence-corrected chi connectivity index (χ4v) is 5.36. The van der Waals surface area contributed by atoms with Gasteiger partial charge in [-0.2, -0.15) is 0 Å². The molecule has 7 heteroatoms.